The number of carbonyl (C=O) groups is 1. The summed E-state index contributed by atoms with van der Waals surface area (Å²) in [5.41, 5.74) is 0.288. The summed E-state index contributed by atoms with van der Waals surface area (Å²) in [6.07, 6.45) is 11.5. The summed E-state index contributed by atoms with van der Waals surface area (Å²) in [7, 11) is 3.56. The molecule has 2 atom stereocenters. The molecular weight excluding hydrogens is 455 g/mol. The maximum Gasteiger partial charge on any atom is 0.243 e. The number of rotatable bonds is 6. The van der Waals surface area contributed by atoms with Crippen LogP contribution in [-0.2, 0) is 9.53 Å². The summed E-state index contributed by atoms with van der Waals surface area (Å²) in [5, 5.41) is 7.27. The monoisotopic (exact) mass is 492 g/mol. The number of aliphatic imine (C=N–C) groups is 1. The zero-order valence-electron chi connectivity index (χ0n) is 17.1. The van der Waals surface area contributed by atoms with Crippen molar-refractivity contribution < 1.29 is 9.53 Å². The van der Waals surface area contributed by atoms with E-state index < -0.39 is 0 Å². The standard InChI is InChI=1S/C20H36N4O2.HI/c1-4-26-17-13-16(20(17)11-8-12-20)23-19(21-14-18(25)24(2)3)22-15-9-6-5-7-10-15;/h15-17H,4-14H2,1-3H3,(H2,21,22,23);1H. The first-order chi connectivity index (χ1) is 12.5. The second kappa shape index (κ2) is 10.3. The average Bonchev–Trinajstić information content (AvgIpc) is 2.57. The number of guanidine groups is 1. The molecule has 3 fully saturated rings. The molecule has 27 heavy (non-hydrogen) atoms. The number of amides is 1. The van der Waals surface area contributed by atoms with Gasteiger partial charge in [-0.25, -0.2) is 4.99 Å². The quantitative estimate of drug-likeness (QED) is 0.340. The fourth-order valence-corrected chi connectivity index (χ4v) is 4.67. The van der Waals surface area contributed by atoms with Crippen LogP contribution in [-0.4, -0.2) is 62.2 Å². The molecular formula is C20H37IN4O2. The first-order valence-electron chi connectivity index (χ1n) is 10.4. The third-order valence-electron chi connectivity index (χ3n) is 6.57. The molecule has 6 nitrogen and oxygen atoms in total. The predicted molar refractivity (Wildman–Crippen MR) is 120 cm³/mol. The fraction of sp³-hybridized carbons (Fsp3) is 0.900. The molecule has 1 amide bonds. The summed E-state index contributed by atoms with van der Waals surface area (Å²) >= 11 is 0. The van der Waals surface area contributed by atoms with Gasteiger partial charge in [0.15, 0.2) is 5.96 Å². The number of ether oxygens (including phenoxy) is 1. The highest BCUT2D eigenvalue weighted by Crippen LogP contribution is 2.57. The average molecular weight is 492 g/mol. The number of nitrogens with zero attached hydrogens (tertiary/aromatic N) is 2. The smallest absolute Gasteiger partial charge is 0.243 e. The lowest BCUT2D eigenvalue weighted by Crippen LogP contribution is -2.69. The third-order valence-corrected chi connectivity index (χ3v) is 6.57. The molecule has 0 aromatic rings. The van der Waals surface area contributed by atoms with Gasteiger partial charge < -0.3 is 20.3 Å². The zero-order valence-corrected chi connectivity index (χ0v) is 19.5. The maximum absolute atomic E-state index is 12.0. The minimum Gasteiger partial charge on any atom is -0.378 e. The van der Waals surface area contributed by atoms with Crippen molar-refractivity contribution in [2.75, 3.05) is 27.2 Å². The number of likely N-dealkylation sites (N-methyl/N-ethyl adjacent to an activating group) is 1. The van der Waals surface area contributed by atoms with Gasteiger partial charge in [-0.2, -0.15) is 0 Å². The molecule has 3 saturated carbocycles. The Morgan fingerprint density at radius 2 is 1.85 bits per heavy atom. The highest BCUT2D eigenvalue weighted by molar-refractivity contribution is 14.0. The second-order valence-corrected chi connectivity index (χ2v) is 8.40. The van der Waals surface area contributed by atoms with Gasteiger partial charge in [-0.3, -0.25) is 4.79 Å². The van der Waals surface area contributed by atoms with Crippen LogP contribution in [0.3, 0.4) is 0 Å². The van der Waals surface area contributed by atoms with E-state index in [1.54, 1.807) is 19.0 Å². The largest absolute Gasteiger partial charge is 0.378 e. The first-order valence-corrected chi connectivity index (χ1v) is 10.4. The van der Waals surface area contributed by atoms with Crippen LogP contribution in [0.5, 0.6) is 0 Å². The van der Waals surface area contributed by atoms with Gasteiger partial charge in [0, 0.05) is 38.2 Å². The van der Waals surface area contributed by atoms with E-state index in [0.717, 1.165) is 19.0 Å². The molecule has 0 bridgehead atoms. The zero-order chi connectivity index (χ0) is 18.6. The van der Waals surface area contributed by atoms with Crippen LogP contribution in [0.2, 0.25) is 0 Å². The summed E-state index contributed by atoms with van der Waals surface area (Å²) in [4.78, 5) is 18.2. The molecule has 0 aromatic carbocycles. The molecule has 3 rings (SSSR count). The van der Waals surface area contributed by atoms with Crippen molar-refractivity contribution in [3.63, 3.8) is 0 Å². The van der Waals surface area contributed by atoms with Gasteiger partial charge in [0.1, 0.15) is 6.54 Å². The van der Waals surface area contributed by atoms with E-state index in [9.17, 15) is 4.79 Å². The van der Waals surface area contributed by atoms with Gasteiger partial charge in [-0.05, 0) is 39.0 Å². The summed E-state index contributed by atoms with van der Waals surface area (Å²) in [6, 6.07) is 0.890. The Balaban J connectivity index is 0.00000261. The SMILES string of the molecule is CCOC1CC(NC(=NCC(=O)N(C)C)NC2CCCCC2)C12CCC2.I. The van der Waals surface area contributed by atoms with E-state index in [4.69, 9.17) is 4.74 Å². The summed E-state index contributed by atoms with van der Waals surface area (Å²) < 4.78 is 5.97. The molecule has 0 saturated heterocycles. The van der Waals surface area contributed by atoms with E-state index in [2.05, 4.69) is 22.5 Å². The summed E-state index contributed by atoms with van der Waals surface area (Å²) in [6.45, 7) is 3.07. The lowest BCUT2D eigenvalue weighted by Gasteiger charge is -2.61. The van der Waals surface area contributed by atoms with E-state index >= 15 is 0 Å². The van der Waals surface area contributed by atoms with Gasteiger partial charge in [0.05, 0.1) is 6.10 Å². The van der Waals surface area contributed by atoms with Crippen molar-refractivity contribution in [2.45, 2.75) is 82.9 Å². The molecule has 0 aromatic heterocycles. The Hall–Kier alpha value is -0.570. The number of carbonyl (C=O) groups excluding carboxylic acids is 1. The molecule has 0 radical (unpaired) electrons. The number of halogens is 1. The van der Waals surface area contributed by atoms with Crippen LogP contribution >= 0.6 is 24.0 Å². The number of hydrogen-bond acceptors (Lipinski definition) is 3. The van der Waals surface area contributed by atoms with Crippen LogP contribution in [0.1, 0.15) is 64.7 Å². The van der Waals surface area contributed by atoms with Crippen LogP contribution in [0.4, 0.5) is 0 Å². The molecule has 2 unspecified atom stereocenters. The highest BCUT2D eigenvalue weighted by Gasteiger charge is 2.59. The molecule has 3 aliphatic carbocycles. The normalized spacial score (nSPS) is 27.1. The third kappa shape index (κ3) is 5.28. The maximum atomic E-state index is 12.0. The molecule has 156 valence electrons. The first kappa shape index (κ1) is 22.7. The van der Waals surface area contributed by atoms with Crippen molar-refractivity contribution >= 4 is 35.8 Å². The Kier molecular flexibility index (Phi) is 8.65. The Labute approximate surface area is 181 Å². The van der Waals surface area contributed by atoms with E-state index in [0.29, 0.717) is 18.2 Å². The molecule has 0 heterocycles. The van der Waals surface area contributed by atoms with Gasteiger partial charge in [0.25, 0.3) is 0 Å². The van der Waals surface area contributed by atoms with E-state index in [-0.39, 0.29) is 41.8 Å². The minimum atomic E-state index is 0. The Bertz CT molecular complexity index is 516. The van der Waals surface area contributed by atoms with Crippen molar-refractivity contribution in [2.24, 2.45) is 10.4 Å². The van der Waals surface area contributed by atoms with Crippen LogP contribution < -0.4 is 10.6 Å². The topological polar surface area (TPSA) is 66.0 Å². The van der Waals surface area contributed by atoms with Gasteiger partial charge >= 0.3 is 0 Å². The summed E-state index contributed by atoms with van der Waals surface area (Å²) in [5.74, 6) is 0.854. The van der Waals surface area contributed by atoms with Crippen LogP contribution in [0, 0.1) is 5.41 Å². The molecule has 7 heteroatoms. The Morgan fingerprint density at radius 1 is 1.15 bits per heavy atom. The minimum absolute atomic E-state index is 0. The highest BCUT2D eigenvalue weighted by atomic mass is 127. The van der Waals surface area contributed by atoms with Crippen LogP contribution in [0.15, 0.2) is 4.99 Å². The molecule has 0 aliphatic heterocycles. The van der Waals surface area contributed by atoms with Crippen molar-refractivity contribution in [3.8, 4) is 0 Å². The predicted octanol–water partition coefficient (Wildman–Crippen LogP) is 2.91. The van der Waals surface area contributed by atoms with Crippen molar-refractivity contribution in [1.29, 1.82) is 0 Å². The molecule has 2 N–H and O–H groups in total. The van der Waals surface area contributed by atoms with Crippen molar-refractivity contribution in [3.05, 3.63) is 0 Å². The Morgan fingerprint density at radius 3 is 2.41 bits per heavy atom. The van der Waals surface area contributed by atoms with Gasteiger partial charge in [-0.15, -0.1) is 24.0 Å². The second-order valence-electron chi connectivity index (χ2n) is 8.40. The lowest BCUT2D eigenvalue weighted by molar-refractivity contribution is -0.168. The van der Waals surface area contributed by atoms with Crippen LogP contribution in [0.25, 0.3) is 0 Å². The van der Waals surface area contributed by atoms with Gasteiger partial charge in [-0.1, -0.05) is 25.7 Å². The van der Waals surface area contributed by atoms with Crippen molar-refractivity contribution in [1.82, 2.24) is 15.5 Å². The molecule has 3 aliphatic rings. The lowest BCUT2D eigenvalue weighted by atomic mass is 9.51. The molecule has 1 spiro atoms. The number of hydrogen-bond donors (Lipinski definition) is 2. The van der Waals surface area contributed by atoms with E-state index in [1.807, 2.05) is 0 Å². The van der Waals surface area contributed by atoms with Gasteiger partial charge in [0.2, 0.25) is 5.91 Å². The number of nitrogens with one attached hydrogen (secondary N) is 2. The fourth-order valence-electron chi connectivity index (χ4n) is 4.67. The van der Waals surface area contributed by atoms with E-state index in [1.165, 1.54) is 51.4 Å².